The zero-order chi connectivity index (χ0) is 21.2. The van der Waals surface area contributed by atoms with Gasteiger partial charge >= 0.3 is 11.9 Å². The first-order valence-corrected chi connectivity index (χ1v) is 11.2. The van der Waals surface area contributed by atoms with E-state index in [4.69, 9.17) is 9.47 Å². The largest absolute Gasteiger partial charge is 0.463 e. The van der Waals surface area contributed by atoms with Crippen LogP contribution in [0.25, 0.3) is 0 Å². The highest BCUT2D eigenvalue weighted by Crippen LogP contribution is 2.69. The van der Waals surface area contributed by atoms with Crippen LogP contribution in [0.3, 0.4) is 0 Å². The molecule has 0 bridgehead atoms. The lowest BCUT2D eigenvalue weighted by molar-refractivity contribution is -0.239. The molecular weight excluding hydrogens is 378 g/mol. The Morgan fingerprint density at radius 1 is 0.862 bits per heavy atom. The van der Waals surface area contributed by atoms with Crippen molar-refractivity contribution in [2.45, 2.75) is 97.2 Å². The minimum absolute atomic E-state index is 0.0316. The summed E-state index contributed by atoms with van der Waals surface area (Å²) in [6.07, 6.45) is 4.49. The summed E-state index contributed by atoms with van der Waals surface area (Å²) in [6.45, 7) is 7.00. The predicted molar refractivity (Wildman–Crippen MR) is 103 cm³/mol. The lowest BCUT2D eigenvalue weighted by Gasteiger charge is -2.62. The fourth-order valence-corrected chi connectivity index (χ4v) is 7.93. The molecule has 0 aromatic rings. The van der Waals surface area contributed by atoms with Crippen LogP contribution in [0.5, 0.6) is 0 Å². The minimum atomic E-state index is -2.76. The molecule has 0 heterocycles. The van der Waals surface area contributed by atoms with Gasteiger partial charge < -0.3 is 9.47 Å². The summed E-state index contributed by atoms with van der Waals surface area (Å²) in [5.41, 5.74) is -0.620. The molecule has 0 radical (unpaired) electrons. The molecule has 0 amide bonds. The van der Waals surface area contributed by atoms with Gasteiger partial charge in [0.15, 0.2) is 0 Å². The van der Waals surface area contributed by atoms with Crippen LogP contribution in [0.1, 0.15) is 79.1 Å². The van der Waals surface area contributed by atoms with Gasteiger partial charge in [-0.15, -0.1) is 0 Å². The summed E-state index contributed by atoms with van der Waals surface area (Å²) >= 11 is 0. The fourth-order valence-electron chi connectivity index (χ4n) is 7.93. The Balaban J connectivity index is 1.60. The third-order valence-corrected chi connectivity index (χ3v) is 9.16. The van der Waals surface area contributed by atoms with E-state index in [1.165, 1.54) is 13.8 Å². The Kier molecular flexibility index (Phi) is 5.02. The number of carbonyl (C=O) groups excluding carboxylic acids is 2. The van der Waals surface area contributed by atoms with Gasteiger partial charge in [0.05, 0.1) is 0 Å². The molecule has 0 aromatic heterocycles. The molecule has 0 N–H and O–H groups in total. The maximum Gasteiger partial charge on any atom is 0.302 e. The number of hydrogen-bond acceptors (Lipinski definition) is 4. The van der Waals surface area contributed by atoms with E-state index in [1.54, 1.807) is 0 Å². The number of fused-ring (bicyclic) bond motifs is 5. The summed E-state index contributed by atoms with van der Waals surface area (Å²) in [5.74, 6) is -3.73. The molecule has 0 aliphatic heterocycles. The van der Waals surface area contributed by atoms with Gasteiger partial charge in [0.1, 0.15) is 12.2 Å². The summed E-state index contributed by atoms with van der Waals surface area (Å²) in [4.78, 5) is 22.9. The normalized spacial score (nSPS) is 48.1. The van der Waals surface area contributed by atoms with E-state index < -0.39 is 17.3 Å². The van der Waals surface area contributed by atoms with Crippen molar-refractivity contribution in [1.82, 2.24) is 0 Å². The summed E-state index contributed by atoms with van der Waals surface area (Å²) in [7, 11) is 0. The molecule has 29 heavy (non-hydrogen) atoms. The third-order valence-electron chi connectivity index (χ3n) is 9.16. The van der Waals surface area contributed by atoms with Crippen molar-refractivity contribution in [2.75, 3.05) is 0 Å². The van der Waals surface area contributed by atoms with Crippen LogP contribution in [-0.4, -0.2) is 30.1 Å². The molecule has 0 saturated heterocycles. The Morgan fingerprint density at radius 2 is 1.48 bits per heavy atom. The second-order valence-corrected chi connectivity index (χ2v) is 10.6. The van der Waals surface area contributed by atoms with E-state index in [0.717, 1.165) is 25.7 Å². The second kappa shape index (κ2) is 6.91. The number of ether oxygens (including phenoxy) is 2. The molecule has 0 aromatic carbocycles. The smallest absolute Gasteiger partial charge is 0.302 e. The second-order valence-electron chi connectivity index (χ2n) is 10.6. The highest BCUT2D eigenvalue weighted by atomic mass is 19.3. The molecule has 8 atom stereocenters. The monoisotopic (exact) mass is 412 g/mol. The Bertz CT molecular complexity index is 694. The lowest BCUT2D eigenvalue weighted by Crippen LogP contribution is -2.61. The minimum Gasteiger partial charge on any atom is -0.463 e. The van der Waals surface area contributed by atoms with Crippen molar-refractivity contribution in [3.63, 3.8) is 0 Å². The topological polar surface area (TPSA) is 52.6 Å². The SMILES string of the molecule is CC(=O)O[C@@H]1CC[C@]2(C)C3CC[C@@]4(C)C(CC[C@@H]4OC(C)=O)[C@@H]3CC(F)(F)[C@H]2C1. The van der Waals surface area contributed by atoms with E-state index in [-0.39, 0.29) is 60.2 Å². The molecule has 4 aliphatic carbocycles. The fraction of sp³-hybridized carbons (Fsp3) is 0.913. The molecule has 4 aliphatic rings. The van der Waals surface area contributed by atoms with Crippen molar-refractivity contribution in [3.8, 4) is 0 Å². The van der Waals surface area contributed by atoms with Crippen molar-refractivity contribution < 1.29 is 27.8 Å². The lowest BCUT2D eigenvalue weighted by atomic mass is 9.44. The first-order chi connectivity index (χ1) is 13.5. The number of hydrogen-bond donors (Lipinski definition) is 0. The molecule has 164 valence electrons. The Labute approximate surface area is 172 Å². The van der Waals surface area contributed by atoms with E-state index in [2.05, 4.69) is 13.8 Å². The van der Waals surface area contributed by atoms with Crippen LogP contribution >= 0.6 is 0 Å². The number of alkyl halides is 2. The third kappa shape index (κ3) is 3.29. The van der Waals surface area contributed by atoms with Crippen molar-refractivity contribution in [3.05, 3.63) is 0 Å². The molecule has 4 nitrogen and oxygen atoms in total. The highest BCUT2D eigenvalue weighted by molar-refractivity contribution is 5.66. The van der Waals surface area contributed by atoms with Gasteiger partial charge in [-0.3, -0.25) is 9.59 Å². The van der Waals surface area contributed by atoms with E-state index in [0.29, 0.717) is 12.8 Å². The molecule has 2 unspecified atom stereocenters. The molecule has 4 saturated carbocycles. The van der Waals surface area contributed by atoms with E-state index in [1.807, 2.05) is 0 Å². The molecular formula is C23H34F2O4. The van der Waals surface area contributed by atoms with E-state index >= 15 is 8.78 Å². The Hall–Kier alpha value is -1.20. The zero-order valence-electron chi connectivity index (χ0n) is 18.0. The zero-order valence-corrected chi connectivity index (χ0v) is 18.0. The van der Waals surface area contributed by atoms with Crippen LogP contribution < -0.4 is 0 Å². The first-order valence-electron chi connectivity index (χ1n) is 11.2. The van der Waals surface area contributed by atoms with Gasteiger partial charge in [0.25, 0.3) is 5.92 Å². The van der Waals surface area contributed by atoms with Crippen LogP contribution in [0.4, 0.5) is 8.78 Å². The predicted octanol–water partition coefficient (Wildman–Crippen LogP) is 5.14. The van der Waals surface area contributed by atoms with Gasteiger partial charge in [-0.2, -0.15) is 0 Å². The summed E-state index contributed by atoms with van der Waals surface area (Å²) < 4.78 is 42.0. The first kappa shape index (κ1) is 21.0. The van der Waals surface area contributed by atoms with Gasteiger partial charge in [0, 0.05) is 31.6 Å². The van der Waals surface area contributed by atoms with E-state index in [9.17, 15) is 9.59 Å². The molecule has 4 rings (SSSR count). The standard InChI is InChI=1S/C23H34F2O4/c1-13(26)28-15-7-9-21(3)18-8-10-22(4)17(5-6-20(22)29-14(2)27)16(18)12-23(24,25)19(21)11-15/h15-20H,5-12H2,1-4H3/t15-,16+,17?,18?,19+,20+,21-,22+/m1/s1. The number of esters is 2. The van der Waals surface area contributed by atoms with Crippen LogP contribution in [0.2, 0.25) is 0 Å². The maximum atomic E-state index is 15.5. The maximum absolute atomic E-state index is 15.5. The van der Waals surface area contributed by atoms with Gasteiger partial charge in [-0.05, 0) is 68.1 Å². The summed E-state index contributed by atoms with van der Waals surface area (Å²) in [6, 6.07) is 0. The van der Waals surface area contributed by atoms with Gasteiger partial charge in [0.2, 0.25) is 0 Å². The van der Waals surface area contributed by atoms with Gasteiger partial charge in [-0.1, -0.05) is 13.8 Å². The van der Waals surface area contributed by atoms with Crippen LogP contribution in [0.15, 0.2) is 0 Å². The van der Waals surface area contributed by atoms with Crippen LogP contribution in [-0.2, 0) is 19.1 Å². The van der Waals surface area contributed by atoms with Crippen molar-refractivity contribution in [1.29, 1.82) is 0 Å². The molecule has 6 heteroatoms. The Morgan fingerprint density at radius 3 is 2.14 bits per heavy atom. The quantitative estimate of drug-likeness (QED) is 0.590. The van der Waals surface area contributed by atoms with Crippen molar-refractivity contribution >= 4 is 11.9 Å². The van der Waals surface area contributed by atoms with Crippen molar-refractivity contribution in [2.24, 2.45) is 34.5 Å². The average molecular weight is 413 g/mol. The number of halogens is 2. The summed E-state index contributed by atoms with van der Waals surface area (Å²) in [5, 5.41) is 0. The van der Waals surface area contributed by atoms with Crippen LogP contribution in [0, 0.1) is 34.5 Å². The molecule has 4 fully saturated rings. The number of carbonyl (C=O) groups is 2. The average Bonchev–Trinajstić information content (AvgIpc) is 2.92. The van der Waals surface area contributed by atoms with Gasteiger partial charge in [-0.25, -0.2) is 8.78 Å². The molecule has 0 spiro atoms. The number of rotatable bonds is 2. The highest BCUT2D eigenvalue weighted by Gasteiger charge is 2.67.